The van der Waals surface area contributed by atoms with Crippen molar-refractivity contribution in [3.8, 4) is 0 Å². The van der Waals surface area contributed by atoms with Crippen LogP contribution in [-0.4, -0.2) is 32.8 Å². The molecule has 0 atom stereocenters. The zero-order chi connectivity index (χ0) is 19.4. The second-order valence-corrected chi connectivity index (χ2v) is 5.57. The van der Waals surface area contributed by atoms with Crippen molar-refractivity contribution < 1.29 is 19.2 Å². The van der Waals surface area contributed by atoms with Gasteiger partial charge in [0, 0.05) is 17.8 Å². The summed E-state index contributed by atoms with van der Waals surface area (Å²) in [5, 5.41) is 13.7. The molecule has 0 aliphatic heterocycles. The van der Waals surface area contributed by atoms with Crippen molar-refractivity contribution in [3.63, 3.8) is 0 Å². The molecule has 0 aliphatic rings. The number of hydrogen-bond acceptors (Lipinski definition) is 6. The van der Waals surface area contributed by atoms with Crippen LogP contribution < -0.4 is 5.32 Å². The molecule has 0 spiro atoms. The van der Waals surface area contributed by atoms with E-state index < -0.39 is 16.8 Å². The molecule has 3 rings (SSSR count). The lowest BCUT2D eigenvalue weighted by Crippen LogP contribution is -2.19. The number of esters is 1. The van der Waals surface area contributed by atoms with Crippen LogP contribution in [0.2, 0.25) is 0 Å². The standard InChI is InChI=1S/C18H16N4O5/c1-2-27-18(24)16-17(21-10-6-5-9-14(21)19-16)20-15(23)11-12-7-3-4-8-13(12)22(25)26/h3-10H,2,11H2,1H3,(H,20,23). The number of carbonyl (C=O) groups excluding carboxylic acids is 2. The number of nitrogens with zero attached hydrogens (tertiary/aromatic N) is 3. The number of nitrogens with one attached hydrogen (secondary N) is 1. The normalized spacial score (nSPS) is 10.6. The highest BCUT2D eigenvalue weighted by atomic mass is 16.6. The fourth-order valence-electron chi connectivity index (χ4n) is 2.64. The molecular weight excluding hydrogens is 352 g/mol. The summed E-state index contributed by atoms with van der Waals surface area (Å²) in [6, 6.07) is 11.1. The average Bonchev–Trinajstić information content (AvgIpc) is 3.01. The maximum atomic E-state index is 12.5. The van der Waals surface area contributed by atoms with Gasteiger partial charge in [0.25, 0.3) is 5.69 Å². The Balaban J connectivity index is 1.92. The number of nitro groups is 1. The molecule has 0 bridgehead atoms. The summed E-state index contributed by atoms with van der Waals surface area (Å²) >= 11 is 0. The molecule has 0 saturated heterocycles. The van der Waals surface area contributed by atoms with Gasteiger partial charge in [0.05, 0.1) is 18.0 Å². The second kappa shape index (κ2) is 7.65. The fourth-order valence-corrected chi connectivity index (χ4v) is 2.64. The second-order valence-electron chi connectivity index (χ2n) is 5.57. The Bertz CT molecular complexity index is 1030. The molecule has 0 fully saturated rings. The third kappa shape index (κ3) is 3.76. The fraction of sp³-hybridized carbons (Fsp3) is 0.167. The van der Waals surface area contributed by atoms with E-state index in [1.165, 1.54) is 18.2 Å². The van der Waals surface area contributed by atoms with Gasteiger partial charge in [0.1, 0.15) is 5.65 Å². The van der Waals surface area contributed by atoms with Gasteiger partial charge in [-0.3, -0.25) is 19.3 Å². The van der Waals surface area contributed by atoms with Crippen molar-refractivity contribution in [2.45, 2.75) is 13.3 Å². The van der Waals surface area contributed by atoms with Gasteiger partial charge in [-0.2, -0.15) is 0 Å². The van der Waals surface area contributed by atoms with Crippen molar-refractivity contribution in [2.75, 3.05) is 11.9 Å². The number of hydrogen-bond donors (Lipinski definition) is 1. The Morgan fingerprint density at radius 1 is 1.22 bits per heavy atom. The summed E-state index contributed by atoms with van der Waals surface area (Å²) < 4.78 is 6.54. The van der Waals surface area contributed by atoms with Gasteiger partial charge in [-0.05, 0) is 19.1 Å². The first kappa shape index (κ1) is 18.1. The van der Waals surface area contributed by atoms with Crippen LogP contribution >= 0.6 is 0 Å². The number of fused-ring (bicyclic) bond motifs is 1. The number of imidazole rings is 1. The number of anilines is 1. The Kier molecular flexibility index (Phi) is 5.11. The molecular formula is C18H16N4O5. The van der Waals surface area contributed by atoms with Gasteiger partial charge >= 0.3 is 5.97 Å². The number of ether oxygens (including phenoxy) is 1. The molecule has 0 unspecified atom stereocenters. The molecule has 9 heteroatoms. The number of nitro benzene ring substituents is 1. The number of pyridine rings is 1. The van der Waals surface area contributed by atoms with Crippen LogP contribution in [0.15, 0.2) is 48.7 Å². The minimum absolute atomic E-state index is 0.0287. The highest BCUT2D eigenvalue weighted by molar-refractivity contribution is 6.00. The van der Waals surface area contributed by atoms with E-state index in [2.05, 4.69) is 10.3 Å². The number of para-hydroxylation sites is 1. The van der Waals surface area contributed by atoms with Crippen LogP contribution in [0.4, 0.5) is 11.5 Å². The van der Waals surface area contributed by atoms with Crippen molar-refractivity contribution in [1.82, 2.24) is 9.38 Å². The smallest absolute Gasteiger partial charge is 0.360 e. The summed E-state index contributed by atoms with van der Waals surface area (Å²) in [6.07, 6.45) is 1.42. The van der Waals surface area contributed by atoms with Gasteiger partial charge in [-0.15, -0.1) is 0 Å². The lowest BCUT2D eigenvalue weighted by Gasteiger charge is -2.08. The molecule has 0 aliphatic carbocycles. The Hall–Kier alpha value is -3.75. The predicted molar refractivity (Wildman–Crippen MR) is 96.6 cm³/mol. The van der Waals surface area contributed by atoms with Crippen LogP contribution in [0.5, 0.6) is 0 Å². The van der Waals surface area contributed by atoms with E-state index in [4.69, 9.17) is 4.74 Å². The van der Waals surface area contributed by atoms with Crippen LogP contribution in [0.3, 0.4) is 0 Å². The third-order valence-electron chi connectivity index (χ3n) is 3.80. The molecule has 1 N–H and O–H groups in total. The molecule has 9 nitrogen and oxygen atoms in total. The van der Waals surface area contributed by atoms with Crippen molar-refractivity contribution in [3.05, 3.63) is 70.0 Å². The minimum atomic E-state index is -0.665. The first-order valence-electron chi connectivity index (χ1n) is 8.17. The van der Waals surface area contributed by atoms with Gasteiger partial charge < -0.3 is 10.1 Å². The summed E-state index contributed by atoms with van der Waals surface area (Å²) in [7, 11) is 0. The van der Waals surface area contributed by atoms with Crippen LogP contribution in [0, 0.1) is 10.1 Å². The predicted octanol–water partition coefficient (Wildman–Crippen LogP) is 2.60. The maximum absolute atomic E-state index is 12.5. The van der Waals surface area contributed by atoms with Crippen LogP contribution in [0.1, 0.15) is 23.0 Å². The van der Waals surface area contributed by atoms with E-state index >= 15 is 0 Å². The quantitative estimate of drug-likeness (QED) is 0.406. The number of rotatable bonds is 6. The first-order chi connectivity index (χ1) is 13.0. The molecule has 0 saturated carbocycles. The Morgan fingerprint density at radius 3 is 2.70 bits per heavy atom. The molecule has 3 aromatic rings. The summed E-state index contributed by atoms with van der Waals surface area (Å²) in [6.45, 7) is 1.83. The molecule has 1 aromatic carbocycles. The van der Waals surface area contributed by atoms with Crippen LogP contribution in [0.25, 0.3) is 5.65 Å². The molecule has 2 heterocycles. The SMILES string of the molecule is CCOC(=O)c1nc2ccccn2c1NC(=O)Cc1ccccc1[N+](=O)[O-]. The maximum Gasteiger partial charge on any atom is 0.360 e. The summed E-state index contributed by atoms with van der Waals surface area (Å²) in [5.74, 6) is -1.02. The lowest BCUT2D eigenvalue weighted by molar-refractivity contribution is -0.385. The number of amides is 1. The Labute approximate surface area is 153 Å². The molecule has 2 aromatic heterocycles. The monoisotopic (exact) mass is 368 g/mol. The van der Waals surface area contributed by atoms with Gasteiger partial charge in [-0.1, -0.05) is 24.3 Å². The zero-order valence-corrected chi connectivity index (χ0v) is 14.4. The summed E-state index contributed by atoms with van der Waals surface area (Å²) in [4.78, 5) is 39.5. The Morgan fingerprint density at radius 2 is 1.96 bits per heavy atom. The number of aromatic nitrogens is 2. The zero-order valence-electron chi connectivity index (χ0n) is 14.4. The molecule has 138 valence electrons. The number of benzene rings is 1. The lowest BCUT2D eigenvalue weighted by atomic mass is 10.1. The van der Waals surface area contributed by atoms with E-state index in [9.17, 15) is 19.7 Å². The molecule has 0 radical (unpaired) electrons. The highest BCUT2D eigenvalue weighted by Gasteiger charge is 2.23. The third-order valence-corrected chi connectivity index (χ3v) is 3.80. The van der Waals surface area contributed by atoms with Gasteiger partial charge in [0.15, 0.2) is 11.5 Å². The average molecular weight is 368 g/mol. The van der Waals surface area contributed by atoms with Crippen LogP contribution in [-0.2, 0) is 16.0 Å². The van der Waals surface area contributed by atoms with E-state index in [0.717, 1.165) is 0 Å². The van der Waals surface area contributed by atoms with E-state index in [1.54, 1.807) is 41.8 Å². The highest BCUT2D eigenvalue weighted by Crippen LogP contribution is 2.22. The van der Waals surface area contributed by atoms with Gasteiger partial charge in [-0.25, -0.2) is 9.78 Å². The first-order valence-corrected chi connectivity index (χ1v) is 8.17. The minimum Gasteiger partial charge on any atom is -0.461 e. The van der Waals surface area contributed by atoms with E-state index in [0.29, 0.717) is 5.65 Å². The van der Waals surface area contributed by atoms with Gasteiger partial charge in [0.2, 0.25) is 5.91 Å². The summed E-state index contributed by atoms with van der Waals surface area (Å²) in [5.41, 5.74) is 0.559. The largest absolute Gasteiger partial charge is 0.461 e. The van der Waals surface area contributed by atoms with E-state index in [1.807, 2.05) is 0 Å². The van der Waals surface area contributed by atoms with E-state index in [-0.39, 0.29) is 35.8 Å². The number of carbonyl (C=O) groups is 2. The molecule has 1 amide bonds. The molecule has 27 heavy (non-hydrogen) atoms. The topological polar surface area (TPSA) is 116 Å². The van der Waals surface area contributed by atoms with Crippen molar-refractivity contribution >= 4 is 29.0 Å². The van der Waals surface area contributed by atoms with Crippen molar-refractivity contribution in [2.24, 2.45) is 0 Å². The van der Waals surface area contributed by atoms with Crippen molar-refractivity contribution in [1.29, 1.82) is 0 Å².